The number of imidazole rings is 1. The Kier molecular flexibility index (Phi) is 4.25. The summed E-state index contributed by atoms with van der Waals surface area (Å²) in [5, 5.41) is 10.1. The summed E-state index contributed by atoms with van der Waals surface area (Å²) in [6, 6.07) is 0. The van der Waals surface area contributed by atoms with Gasteiger partial charge in [-0.1, -0.05) is 11.6 Å². The molecule has 3 aromatic heterocycles. The Morgan fingerprint density at radius 2 is 2.19 bits per heavy atom. The lowest BCUT2D eigenvalue weighted by atomic mass is 10.0. The number of rotatable bonds is 5. The van der Waals surface area contributed by atoms with E-state index in [0.717, 1.165) is 0 Å². The summed E-state index contributed by atoms with van der Waals surface area (Å²) in [4.78, 5) is 21.0. The standard InChI is InChI=1S/C17H15ClFN7O/c1-25(2)5-10-16(19)15(18)14(9-3-22-24-17(9)10)11-6-26-7-12(21-8-27)23-13(26)4-20-11/h3-4,6-8H,5H2,1-2H3,(H,21,27)(H,22,24). The van der Waals surface area contributed by atoms with Crippen molar-refractivity contribution in [2.45, 2.75) is 6.54 Å². The molecule has 2 N–H and O–H groups in total. The van der Waals surface area contributed by atoms with Crippen LogP contribution in [0.5, 0.6) is 0 Å². The summed E-state index contributed by atoms with van der Waals surface area (Å²) in [5.74, 6) is -0.121. The van der Waals surface area contributed by atoms with E-state index >= 15 is 4.39 Å². The van der Waals surface area contributed by atoms with E-state index in [1.54, 1.807) is 23.0 Å². The van der Waals surface area contributed by atoms with Gasteiger partial charge in [-0.05, 0) is 14.1 Å². The maximum absolute atomic E-state index is 15.0. The highest BCUT2D eigenvalue weighted by atomic mass is 35.5. The number of anilines is 1. The third-order valence-corrected chi connectivity index (χ3v) is 4.52. The van der Waals surface area contributed by atoms with Gasteiger partial charge in [0.1, 0.15) is 5.82 Å². The first-order chi connectivity index (χ1) is 13.0. The van der Waals surface area contributed by atoms with E-state index in [2.05, 4.69) is 25.5 Å². The maximum Gasteiger partial charge on any atom is 0.212 e. The molecule has 0 bridgehead atoms. The number of hydrogen-bond acceptors (Lipinski definition) is 5. The summed E-state index contributed by atoms with van der Waals surface area (Å²) in [6.45, 7) is 0.374. The molecule has 4 aromatic rings. The molecule has 0 spiro atoms. The number of nitrogens with zero attached hydrogens (tertiary/aromatic N) is 5. The van der Waals surface area contributed by atoms with E-state index in [1.165, 1.54) is 6.20 Å². The van der Waals surface area contributed by atoms with Crippen LogP contribution in [-0.4, -0.2) is 50.0 Å². The molecular formula is C17H15ClFN7O. The fourth-order valence-electron chi connectivity index (χ4n) is 3.05. The van der Waals surface area contributed by atoms with Gasteiger partial charge in [-0.25, -0.2) is 9.37 Å². The van der Waals surface area contributed by atoms with Crippen LogP contribution in [0.25, 0.3) is 27.8 Å². The molecule has 0 aliphatic heterocycles. The lowest BCUT2D eigenvalue weighted by molar-refractivity contribution is -0.105. The minimum absolute atomic E-state index is 0.0149. The van der Waals surface area contributed by atoms with Gasteiger partial charge in [0, 0.05) is 29.3 Å². The third kappa shape index (κ3) is 2.90. The van der Waals surface area contributed by atoms with E-state index in [-0.39, 0.29) is 5.02 Å². The Bertz CT molecular complexity index is 1170. The molecule has 3 heterocycles. The zero-order valence-corrected chi connectivity index (χ0v) is 15.3. The average Bonchev–Trinajstić information content (AvgIpc) is 3.25. The van der Waals surface area contributed by atoms with Crippen molar-refractivity contribution < 1.29 is 9.18 Å². The number of carbonyl (C=O) groups excluding carboxylic acids is 1. The first kappa shape index (κ1) is 17.4. The van der Waals surface area contributed by atoms with Crippen molar-refractivity contribution in [3.8, 4) is 11.3 Å². The van der Waals surface area contributed by atoms with E-state index in [4.69, 9.17) is 11.6 Å². The zero-order valence-electron chi connectivity index (χ0n) is 14.5. The van der Waals surface area contributed by atoms with Gasteiger partial charge in [0.05, 0.1) is 34.8 Å². The minimum Gasteiger partial charge on any atom is -0.312 e. The number of amides is 1. The van der Waals surface area contributed by atoms with Gasteiger partial charge in [-0.3, -0.25) is 14.9 Å². The Hall–Kier alpha value is -3.04. The lowest BCUT2D eigenvalue weighted by Crippen LogP contribution is -2.13. The minimum atomic E-state index is -0.507. The number of H-pyrrole nitrogens is 1. The smallest absolute Gasteiger partial charge is 0.212 e. The second-order valence-corrected chi connectivity index (χ2v) is 6.68. The molecule has 0 radical (unpaired) electrons. The Morgan fingerprint density at radius 3 is 2.93 bits per heavy atom. The molecule has 0 unspecified atom stereocenters. The van der Waals surface area contributed by atoms with Gasteiger partial charge in [0.2, 0.25) is 6.41 Å². The second kappa shape index (κ2) is 6.60. The van der Waals surface area contributed by atoms with Crippen molar-refractivity contribution in [2.75, 3.05) is 19.4 Å². The van der Waals surface area contributed by atoms with E-state index < -0.39 is 5.82 Å². The SMILES string of the molecule is CN(C)Cc1c(F)c(Cl)c(-c2cn3cc(NC=O)nc3cn2)c2cn[nH]c12. The highest BCUT2D eigenvalue weighted by Crippen LogP contribution is 2.38. The van der Waals surface area contributed by atoms with Gasteiger partial charge in [0.15, 0.2) is 11.5 Å². The molecule has 1 amide bonds. The van der Waals surface area contributed by atoms with E-state index in [9.17, 15) is 4.79 Å². The molecule has 0 aliphatic rings. The van der Waals surface area contributed by atoms with Crippen LogP contribution in [0.2, 0.25) is 5.02 Å². The quantitative estimate of drug-likeness (QED) is 0.514. The number of aromatic amines is 1. The monoisotopic (exact) mass is 387 g/mol. The summed E-state index contributed by atoms with van der Waals surface area (Å²) in [5.41, 5.74) is 2.47. The fourth-order valence-corrected chi connectivity index (χ4v) is 3.36. The Balaban J connectivity index is 1.93. The third-order valence-electron chi connectivity index (χ3n) is 4.17. The largest absolute Gasteiger partial charge is 0.312 e. The highest BCUT2D eigenvalue weighted by Gasteiger charge is 2.22. The molecule has 0 aliphatic carbocycles. The number of aromatic nitrogens is 5. The Labute approximate surface area is 158 Å². The van der Waals surface area contributed by atoms with Gasteiger partial charge in [0.25, 0.3) is 0 Å². The molecule has 10 heteroatoms. The zero-order chi connectivity index (χ0) is 19.1. The molecule has 0 saturated heterocycles. The number of hydrogen-bond donors (Lipinski definition) is 2. The number of halogens is 2. The van der Waals surface area contributed by atoms with Crippen LogP contribution in [-0.2, 0) is 11.3 Å². The highest BCUT2D eigenvalue weighted by molar-refractivity contribution is 6.35. The predicted molar refractivity (Wildman–Crippen MR) is 100 cm³/mol. The van der Waals surface area contributed by atoms with Crippen molar-refractivity contribution >= 4 is 40.4 Å². The molecule has 1 aromatic carbocycles. The van der Waals surface area contributed by atoms with Crippen LogP contribution in [0.4, 0.5) is 10.2 Å². The van der Waals surface area contributed by atoms with Crippen molar-refractivity contribution in [3.63, 3.8) is 0 Å². The van der Waals surface area contributed by atoms with Crippen LogP contribution >= 0.6 is 11.6 Å². The lowest BCUT2D eigenvalue weighted by Gasteiger charge is -2.15. The second-order valence-electron chi connectivity index (χ2n) is 6.30. The number of benzene rings is 1. The molecular weight excluding hydrogens is 373 g/mol. The molecule has 4 rings (SSSR count). The van der Waals surface area contributed by atoms with Gasteiger partial charge >= 0.3 is 0 Å². The van der Waals surface area contributed by atoms with Crippen LogP contribution < -0.4 is 5.32 Å². The first-order valence-electron chi connectivity index (χ1n) is 8.02. The number of nitrogens with one attached hydrogen (secondary N) is 2. The van der Waals surface area contributed by atoms with Gasteiger partial charge in [-0.15, -0.1) is 0 Å². The molecule has 0 atom stereocenters. The molecule has 138 valence electrons. The van der Waals surface area contributed by atoms with Crippen molar-refractivity contribution in [1.82, 2.24) is 29.5 Å². The van der Waals surface area contributed by atoms with Gasteiger partial charge < -0.3 is 14.6 Å². The van der Waals surface area contributed by atoms with Crippen LogP contribution in [0.1, 0.15) is 5.56 Å². The predicted octanol–water partition coefficient (Wildman–Crippen LogP) is 2.70. The number of fused-ring (bicyclic) bond motifs is 2. The van der Waals surface area contributed by atoms with E-state index in [0.29, 0.717) is 52.1 Å². The van der Waals surface area contributed by atoms with Crippen LogP contribution in [0.15, 0.2) is 24.8 Å². The van der Waals surface area contributed by atoms with Crippen LogP contribution in [0.3, 0.4) is 0 Å². The molecule has 0 fully saturated rings. The van der Waals surface area contributed by atoms with Gasteiger partial charge in [-0.2, -0.15) is 5.10 Å². The fraction of sp³-hybridized carbons (Fsp3) is 0.176. The van der Waals surface area contributed by atoms with Crippen LogP contribution in [0, 0.1) is 5.82 Å². The molecule has 8 nitrogen and oxygen atoms in total. The molecule has 0 saturated carbocycles. The normalized spacial score (nSPS) is 11.6. The summed E-state index contributed by atoms with van der Waals surface area (Å²) >= 11 is 6.40. The van der Waals surface area contributed by atoms with Crippen molar-refractivity contribution in [3.05, 3.63) is 41.2 Å². The molecule has 27 heavy (non-hydrogen) atoms. The first-order valence-corrected chi connectivity index (χ1v) is 8.40. The maximum atomic E-state index is 15.0. The summed E-state index contributed by atoms with van der Waals surface area (Å²) in [7, 11) is 3.70. The van der Waals surface area contributed by atoms with Crippen molar-refractivity contribution in [1.29, 1.82) is 0 Å². The summed E-state index contributed by atoms with van der Waals surface area (Å²) in [6.07, 6.45) is 6.98. The average molecular weight is 388 g/mol. The van der Waals surface area contributed by atoms with E-state index in [1.807, 2.05) is 19.0 Å². The summed E-state index contributed by atoms with van der Waals surface area (Å²) < 4.78 is 16.7. The number of carbonyl (C=O) groups is 1. The topological polar surface area (TPSA) is 91.2 Å². The van der Waals surface area contributed by atoms with Crippen molar-refractivity contribution in [2.24, 2.45) is 0 Å². The Morgan fingerprint density at radius 1 is 1.37 bits per heavy atom.